The molecule has 0 radical (unpaired) electrons. The second-order valence-electron chi connectivity index (χ2n) is 4.56. The van der Waals surface area contributed by atoms with Crippen molar-refractivity contribution in [1.82, 2.24) is 5.32 Å². The van der Waals surface area contributed by atoms with Crippen LogP contribution in [-0.4, -0.2) is 33.1 Å². The Kier molecular flexibility index (Phi) is 8.90. The summed E-state index contributed by atoms with van der Waals surface area (Å²) in [5.74, 6) is -0.955. The number of ether oxygens (including phenoxy) is 1. The fourth-order valence-corrected chi connectivity index (χ4v) is 1.85. The summed E-state index contributed by atoms with van der Waals surface area (Å²) >= 11 is 1.41. The van der Waals surface area contributed by atoms with Crippen molar-refractivity contribution < 1.29 is 24.2 Å². The molecule has 0 aromatic heterocycles. The van der Waals surface area contributed by atoms with Crippen LogP contribution in [0.2, 0.25) is 0 Å². The molecule has 0 aliphatic heterocycles. The lowest BCUT2D eigenvalue weighted by atomic mass is 10.1. The van der Waals surface area contributed by atoms with Crippen LogP contribution in [0.25, 0.3) is 0 Å². The van der Waals surface area contributed by atoms with Crippen LogP contribution < -0.4 is 5.32 Å². The Labute approximate surface area is 126 Å². The van der Waals surface area contributed by atoms with E-state index in [1.807, 2.05) is 26.1 Å². The molecular formula is C12H20INO5. The standard InChI is InChI=1S/C12H20INO5/c1-4-9(7(2)3)19-11(17)6-8(15)5-10(16)14-12(13)18/h7-9,15H,4-6H2,1-3H3,(H,14,16,18). The topological polar surface area (TPSA) is 92.7 Å². The second kappa shape index (κ2) is 9.24. The molecule has 7 heteroatoms. The van der Waals surface area contributed by atoms with E-state index in [-0.39, 0.29) is 24.9 Å². The van der Waals surface area contributed by atoms with Gasteiger partial charge < -0.3 is 9.84 Å². The van der Waals surface area contributed by atoms with Crippen molar-refractivity contribution in [3.05, 3.63) is 0 Å². The predicted molar refractivity (Wildman–Crippen MR) is 77.8 cm³/mol. The molecule has 0 saturated carbocycles. The molecule has 0 aliphatic carbocycles. The number of hydrogen-bond acceptors (Lipinski definition) is 5. The van der Waals surface area contributed by atoms with E-state index in [1.54, 1.807) is 0 Å². The van der Waals surface area contributed by atoms with E-state index in [0.717, 1.165) is 0 Å². The maximum atomic E-state index is 11.5. The molecule has 0 rings (SSSR count). The van der Waals surface area contributed by atoms with Crippen molar-refractivity contribution in [3.8, 4) is 0 Å². The van der Waals surface area contributed by atoms with Crippen LogP contribution in [0.1, 0.15) is 40.0 Å². The number of carbonyl (C=O) groups is 3. The van der Waals surface area contributed by atoms with Crippen molar-refractivity contribution >= 4 is 38.4 Å². The van der Waals surface area contributed by atoms with Crippen LogP contribution in [0.4, 0.5) is 4.79 Å². The first kappa shape index (κ1) is 18.3. The molecule has 0 bridgehead atoms. The van der Waals surface area contributed by atoms with E-state index < -0.39 is 21.9 Å². The van der Waals surface area contributed by atoms with Crippen molar-refractivity contribution in [2.75, 3.05) is 0 Å². The van der Waals surface area contributed by atoms with E-state index in [2.05, 4.69) is 0 Å². The minimum atomic E-state index is -1.15. The molecule has 0 heterocycles. The first-order valence-electron chi connectivity index (χ1n) is 6.13. The fraction of sp³-hybridized carbons (Fsp3) is 0.750. The minimum Gasteiger partial charge on any atom is -0.462 e. The van der Waals surface area contributed by atoms with Crippen molar-refractivity contribution in [1.29, 1.82) is 0 Å². The summed E-state index contributed by atoms with van der Waals surface area (Å²) < 4.78 is 4.67. The third-order valence-corrected chi connectivity index (χ3v) is 2.76. The average Bonchev–Trinajstić information content (AvgIpc) is 2.23. The number of nitrogens with one attached hydrogen (secondary N) is 1. The number of carbonyl (C=O) groups excluding carboxylic acids is 3. The van der Waals surface area contributed by atoms with Crippen LogP contribution in [-0.2, 0) is 14.3 Å². The zero-order valence-corrected chi connectivity index (χ0v) is 13.5. The molecule has 2 unspecified atom stereocenters. The van der Waals surface area contributed by atoms with Crippen LogP contribution >= 0.6 is 22.6 Å². The van der Waals surface area contributed by atoms with Gasteiger partial charge in [0.1, 0.15) is 6.10 Å². The van der Waals surface area contributed by atoms with Crippen LogP contribution in [0.5, 0.6) is 0 Å². The maximum absolute atomic E-state index is 11.5. The van der Waals surface area contributed by atoms with Gasteiger partial charge in [0.15, 0.2) is 0 Å². The summed E-state index contributed by atoms with van der Waals surface area (Å²) in [4.78, 5) is 33.3. The summed E-state index contributed by atoms with van der Waals surface area (Å²) in [7, 11) is 0. The summed E-state index contributed by atoms with van der Waals surface area (Å²) in [5, 5.41) is 11.6. The number of halogens is 1. The Morgan fingerprint density at radius 1 is 1.26 bits per heavy atom. The molecule has 2 amide bonds. The van der Waals surface area contributed by atoms with Gasteiger partial charge >= 0.3 is 5.97 Å². The van der Waals surface area contributed by atoms with Gasteiger partial charge in [-0.2, -0.15) is 0 Å². The highest BCUT2D eigenvalue weighted by atomic mass is 127. The molecule has 2 atom stereocenters. The number of aliphatic hydroxyl groups is 1. The Hall–Kier alpha value is -0.700. The highest BCUT2D eigenvalue weighted by Crippen LogP contribution is 2.12. The molecule has 6 nitrogen and oxygen atoms in total. The maximum Gasteiger partial charge on any atom is 0.308 e. The number of aliphatic hydroxyl groups excluding tert-OH is 1. The molecule has 0 saturated heterocycles. The van der Waals surface area contributed by atoms with Crippen LogP contribution in [0.3, 0.4) is 0 Å². The van der Waals surface area contributed by atoms with E-state index in [1.165, 1.54) is 22.6 Å². The van der Waals surface area contributed by atoms with E-state index in [4.69, 9.17) is 4.74 Å². The smallest absolute Gasteiger partial charge is 0.308 e. The molecule has 0 aromatic carbocycles. The van der Waals surface area contributed by atoms with Gasteiger partial charge in [-0.3, -0.25) is 19.7 Å². The van der Waals surface area contributed by atoms with Gasteiger partial charge in [-0.1, -0.05) is 20.8 Å². The molecule has 0 aromatic rings. The summed E-state index contributed by atoms with van der Waals surface area (Å²) in [6.45, 7) is 5.79. The van der Waals surface area contributed by atoms with Crippen molar-refractivity contribution in [2.24, 2.45) is 5.92 Å². The van der Waals surface area contributed by atoms with Gasteiger partial charge in [0, 0.05) is 22.6 Å². The van der Waals surface area contributed by atoms with E-state index >= 15 is 0 Å². The monoisotopic (exact) mass is 385 g/mol. The van der Waals surface area contributed by atoms with Crippen LogP contribution in [0, 0.1) is 5.92 Å². The van der Waals surface area contributed by atoms with Gasteiger partial charge in [-0.25, -0.2) is 0 Å². The lowest BCUT2D eigenvalue weighted by molar-refractivity contribution is -0.153. The number of esters is 1. The molecule has 0 spiro atoms. The SMILES string of the molecule is CCC(OC(=O)CC(O)CC(=O)NC(=O)I)C(C)C. The van der Waals surface area contributed by atoms with Gasteiger partial charge in [-0.15, -0.1) is 0 Å². The quantitative estimate of drug-likeness (QED) is 0.302. The van der Waals surface area contributed by atoms with E-state index in [0.29, 0.717) is 6.42 Å². The summed E-state index contributed by atoms with van der Waals surface area (Å²) in [6, 6.07) is 0. The fourth-order valence-electron chi connectivity index (χ4n) is 1.55. The van der Waals surface area contributed by atoms with E-state index in [9.17, 15) is 19.5 Å². The lowest BCUT2D eigenvalue weighted by Gasteiger charge is -2.20. The normalized spacial score (nSPS) is 13.8. The molecule has 110 valence electrons. The predicted octanol–water partition coefficient (Wildman–Crippen LogP) is 1.78. The first-order chi connectivity index (χ1) is 8.76. The van der Waals surface area contributed by atoms with Crippen LogP contribution in [0.15, 0.2) is 0 Å². The Morgan fingerprint density at radius 2 is 1.84 bits per heavy atom. The molecule has 2 N–H and O–H groups in total. The molecule has 19 heavy (non-hydrogen) atoms. The lowest BCUT2D eigenvalue weighted by Crippen LogP contribution is -2.31. The van der Waals surface area contributed by atoms with Gasteiger partial charge in [0.05, 0.1) is 18.9 Å². The molecule has 0 fully saturated rings. The number of amides is 2. The van der Waals surface area contributed by atoms with Crippen molar-refractivity contribution in [2.45, 2.75) is 52.2 Å². The van der Waals surface area contributed by atoms with Gasteiger partial charge in [-0.05, 0) is 12.3 Å². The number of rotatable bonds is 7. The number of imide groups is 1. The third kappa shape index (κ3) is 8.93. The van der Waals surface area contributed by atoms with Gasteiger partial charge in [0.25, 0.3) is 3.91 Å². The largest absolute Gasteiger partial charge is 0.462 e. The van der Waals surface area contributed by atoms with Gasteiger partial charge in [0.2, 0.25) is 5.91 Å². The average molecular weight is 385 g/mol. The summed E-state index contributed by atoms with van der Waals surface area (Å²) in [6.07, 6.45) is -1.20. The Morgan fingerprint density at radius 3 is 2.26 bits per heavy atom. The van der Waals surface area contributed by atoms with Crippen molar-refractivity contribution in [3.63, 3.8) is 0 Å². The third-order valence-electron chi connectivity index (χ3n) is 2.49. The highest BCUT2D eigenvalue weighted by Gasteiger charge is 2.20. The molecule has 0 aliphatic rings. The second-order valence-corrected chi connectivity index (χ2v) is 5.54. The Bertz CT molecular complexity index is 332. The summed E-state index contributed by atoms with van der Waals surface area (Å²) in [5.41, 5.74) is 0. The first-order valence-corrected chi connectivity index (χ1v) is 7.21. The zero-order chi connectivity index (χ0) is 15.0. The molecular weight excluding hydrogens is 365 g/mol. The highest BCUT2D eigenvalue weighted by molar-refractivity contribution is 14.1. The zero-order valence-electron chi connectivity index (χ0n) is 11.3. The number of hydrogen-bond donors (Lipinski definition) is 2. The Balaban J connectivity index is 4.11. The minimum absolute atomic E-state index is 0.190.